The smallest absolute Gasteiger partial charge is 0.262 e. The van der Waals surface area contributed by atoms with Crippen LogP contribution in [-0.2, 0) is 16.2 Å². The Labute approximate surface area is 570 Å². The van der Waals surface area contributed by atoms with E-state index in [4.69, 9.17) is 0 Å². The maximum atomic E-state index is 16.0. The highest BCUT2D eigenvalue weighted by Gasteiger charge is 2.46. The average molecular weight is 1300 g/mol. The second-order valence-electron chi connectivity index (χ2n) is 29.9. The summed E-state index contributed by atoms with van der Waals surface area (Å²) in [5.74, 6) is -1.09. The number of thiophene rings is 2. The number of hydrogen-bond donors (Lipinski definition) is 0. The molecule has 0 radical (unpaired) electrons. The standard InChI is InChI=1S/C83H116N4O4S2/c1-15-23-25-31-37-57(17-3)55-86-78(89)66-54-64(71-45-46-72(93-71)82(12,13)14)76-74-65(77(88)87(80(76)91)56-58(18-4)38-32-26-24-16-2)53-63(75(73(66)74)79(86)90)70-44-43-69(92-70)59-39-41-61-62-42-40-60(81(9,10)11)52-68(62)83(67(61)51-59,47-33-27-29-35-49-84(19-5)20-6)48-34-28-30-36-50-85(21-7)22-8/h39-46,51-54,57-58H,15-38,47-50,55-56H2,1-14H3. The number of amides is 4. The normalized spacial score (nSPS) is 15.2. The number of benzene rings is 4. The summed E-state index contributed by atoms with van der Waals surface area (Å²) in [6, 6.07) is 27.2. The molecule has 93 heavy (non-hydrogen) atoms. The van der Waals surface area contributed by atoms with E-state index in [0.29, 0.717) is 57.2 Å². The second-order valence-corrected chi connectivity index (χ2v) is 32.1. The molecule has 2 unspecified atom stereocenters. The molecule has 2 aliphatic heterocycles. The number of nitrogens with zero attached hydrogens (tertiary/aromatic N) is 4. The Kier molecular flexibility index (Phi) is 24.9. The van der Waals surface area contributed by atoms with Crippen molar-refractivity contribution in [3.05, 3.63) is 117 Å². The van der Waals surface area contributed by atoms with Crippen LogP contribution in [0.15, 0.2) is 72.8 Å². The lowest BCUT2D eigenvalue weighted by atomic mass is 9.69. The summed E-state index contributed by atoms with van der Waals surface area (Å²) in [5.41, 5.74) is 10.9. The van der Waals surface area contributed by atoms with Gasteiger partial charge in [0.25, 0.3) is 23.6 Å². The Balaban J connectivity index is 1.20. The minimum absolute atomic E-state index is 0.00371. The molecule has 4 aromatic carbocycles. The fourth-order valence-electron chi connectivity index (χ4n) is 15.6. The lowest BCUT2D eigenvalue weighted by Gasteiger charge is -2.36. The molecular weight excluding hydrogens is 1180 g/mol. The van der Waals surface area contributed by atoms with Crippen LogP contribution in [0.4, 0.5) is 0 Å². The van der Waals surface area contributed by atoms with E-state index in [9.17, 15) is 0 Å². The van der Waals surface area contributed by atoms with Crippen LogP contribution >= 0.6 is 22.7 Å². The van der Waals surface area contributed by atoms with Gasteiger partial charge < -0.3 is 9.80 Å². The second kappa shape index (κ2) is 32.2. The average Bonchev–Trinajstić information content (AvgIpc) is 1.29. The largest absolute Gasteiger partial charge is 0.304 e. The third-order valence-electron chi connectivity index (χ3n) is 21.7. The van der Waals surface area contributed by atoms with Crippen molar-refractivity contribution in [2.45, 2.75) is 254 Å². The Morgan fingerprint density at radius 2 is 0.860 bits per heavy atom. The van der Waals surface area contributed by atoms with Crippen LogP contribution in [0, 0.1) is 11.8 Å². The molecule has 4 heterocycles. The molecule has 0 fully saturated rings. The number of hydrogen-bond acceptors (Lipinski definition) is 8. The summed E-state index contributed by atoms with van der Waals surface area (Å²) < 4.78 is 0. The van der Waals surface area contributed by atoms with Gasteiger partial charge in [-0.2, -0.15) is 0 Å². The zero-order chi connectivity index (χ0) is 66.8. The molecule has 4 amide bonds. The van der Waals surface area contributed by atoms with Crippen molar-refractivity contribution < 1.29 is 19.2 Å². The minimum Gasteiger partial charge on any atom is -0.304 e. The molecular formula is C83H116N4O4S2. The quantitative estimate of drug-likeness (QED) is 0.0286. The zero-order valence-electron chi connectivity index (χ0n) is 60.0. The minimum atomic E-state index is -0.342. The first kappa shape index (κ1) is 72.0. The van der Waals surface area contributed by atoms with E-state index in [-0.39, 0.29) is 51.7 Å². The van der Waals surface area contributed by atoms with Gasteiger partial charge in [0.1, 0.15) is 0 Å². The number of carbonyl (C=O) groups excluding carboxylic acids is 4. The summed E-state index contributed by atoms with van der Waals surface area (Å²) in [4.78, 5) is 75.3. The van der Waals surface area contributed by atoms with E-state index in [1.165, 1.54) is 89.0 Å². The molecule has 10 heteroatoms. The highest BCUT2D eigenvalue weighted by molar-refractivity contribution is 7.19. The molecule has 0 N–H and O–H groups in total. The van der Waals surface area contributed by atoms with Gasteiger partial charge in [-0.1, -0.05) is 230 Å². The van der Waals surface area contributed by atoms with Crippen LogP contribution in [-0.4, -0.2) is 95.6 Å². The van der Waals surface area contributed by atoms with Crippen LogP contribution in [0.3, 0.4) is 0 Å². The monoisotopic (exact) mass is 1300 g/mol. The molecule has 504 valence electrons. The predicted octanol–water partition coefficient (Wildman–Crippen LogP) is 22.6. The highest BCUT2D eigenvalue weighted by Crippen LogP contribution is 2.57. The molecule has 9 rings (SSSR count). The first-order valence-corrected chi connectivity index (χ1v) is 38.7. The first-order chi connectivity index (χ1) is 44.7. The molecule has 3 aliphatic rings. The summed E-state index contributed by atoms with van der Waals surface area (Å²) in [7, 11) is 0. The highest BCUT2D eigenvalue weighted by atomic mass is 32.1. The first-order valence-electron chi connectivity index (χ1n) is 37.1. The van der Waals surface area contributed by atoms with Crippen molar-refractivity contribution in [1.29, 1.82) is 0 Å². The van der Waals surface area contributed by atoms with Gasteiger partial charge in [-0.25, -0.2) is 0 Å². The lowest BCUT2D eigenvalue weighted by molar-refractivity contribution is 0.0559. The molecule has 0 bridgehead atoms. The van der Waals surface area contributed by atoms with Gasteiger partial charge in [-0.05, 0) is 176 Å². The molecule has 2 atom stereocenters. The number of imide groups is 2. The Morgan fingerprint density at radius 3 is 1.31 bits per heavy atom. The van der Waals surface area contributed by atoms with E-state index in [1.807, 2.05) is 12.1 Å². The van der Waals surface area contributed by atoms with Crippen molar-refractivity contribution >= 4 is 57.1 Å². The maximum Gasteiger partial charge on any atom is 0.262 e. The summed E-state index contributed by atoms with van der Waals surface area (Å²) in [6.45, 7) is 38.9. The fourth-order valence-corrected chi connectivity index (χ4v) is 17.7. The number of rotatable bonds is 37. The topological polar surface area (TPSA) is 81.2 Å². The van der Waals surface area contributed by atoms with Crippen molar-refractivity contribution in [2.24, 2.45) is 11.8 Å². The SMILES string of the molecule is CCCCCCC(CC)CN1C(=O)c2cc(-c3ccc(C(C)(C)C)s3)c3c4c(cc(-c5ccc(-c6ccc7c(c6)C(CCCCCCN(CC)CC)(CCCCCCN(CC)CC)c6cc(C(C)(C)C)ccc6-7)s5)c(c24)C1=O)C(=O)N(CC(CC)CCCCCC)C3=O. The van der Waals surface area contributed by atoms with Crippen LogP contribution < -0.4 is 0 Å². The van der Waals surface area contributed by atoms with Crippen LogP contribution in [0.5, 0.6) is 0 Å². The molecule has 6 aromatic rings. The van der Waals surface area contributed by atoms with E-state index in [0.717, 1.165) is 154 Å². The molecule has 0 spiro atoms. The van der Waals surface area contributed by atoms with Gasteiger partial charge in [0.2, 0.25) is 0 Å². The van der Waals surface area contributed by atoms with Gasteiger partial charge >= 0.3 is 0 Å². The molecule has 1 aliphatic carbocycles. The van der Waals surface area contributed by atoms with Crippen molar-refractivity contribution in [3.8, 4) is 42.4 Å². The molecule has 0 saturated heterocycles. The van der Waals surface area contributed by atoms with Gasteiger partial charge in [0.05, 0.1) is 11.1 Å². The van der Waals surface area contributed by atoms with Crippen molar-refractivity contribution in [1.82, 2.24) is 19.6 Å². The van der Waals surface area contributed by atoms with Gasteiger partial charge in [0.15, 0.2) is 0 Å². The number of carbonyl (C=O) groups is 4. The Morgan fingerprint density at radius 1 is 0.419 bits per heavy atom. The summed E-state index contributed by atoms with van der Waals surface area (Å²) in [5, 5.41) is 0.908. The molecule has 0 saturated carbocycles. The molecule has 8 nitrogen and oxygen atoms in total. The van der Waals surface area contributed by atoms with Crippen molar-refractivity contribution in [3.63, 3.8) is 0 Å². The number of unbranched alkanes of at least 4 members (excludes halogenated alkanes) is 12. The van der Waals surface area contributed by atoms with Crippen molar-refractivity contribution in [2.75, 3.05) is 52.4 Å². The summed E-state index contributed by atoms with van der Waals surface area (Å²) >= 11 is 3.31. The van der Waals surface area contributed by atoms with E-state index < -0.39 is 0 Å². The van der Waals surface area contributed by atoms with Crippen LogP contribution in [0.2, 0.25) is 0 Å². The Bertz CT molecular complexity index is 3520. The Hall–Kier alpha value is -5.26. The third-order valence-corrected chi connectivity index (χ3v) is 24.4. The maximum absolute atomic E-state index is 16.0. The van der Waals surface area contributed by atoms with E-state index in [1.54, 1.807) is 22.7 Å². The fraction of sp³-hybridized carbons (Fsp3) is 0.590. The van der Waals surface area contributed by atoms with Gasteiger partial charge in [0, 0.05) is 71.0 Å². The zero-order valence-corrected chi connectivity index (χ0v) is 61.7. The number of fused-ring (bicyclic) bond motifs is 3. The van der Waals surface area contributed by atoms with Gasteiger partial charge in [-0.15, -0.1) is 22.7 Å². The summed E-state index contributed by atoms with van der Waals surface area (Å²) in [6.07, 6.45) is 24.4. The third kappa shape index (κ3) is 15.8. The predicted molar refractivity (Wildman–Crippen MR) is 397 cm³/mol. The van der Waals surface area contributed by atoms with E-state index in [2.05, 4.69) is 167 Å². The van der Waals surface area contributed by atoms with E-state index >= 15 is 19.2 Å². The van der Waals surface area contributed by atoms with Crippen LogP contribution in [0.1, 0.15) is 301 Å². The lowest BCUT2D eigenvalue weighted by Crippen LogP contribution is -2.46. The van der Waals surface area contributed by atoms with Crippen LogP contribution in [0.25, 0.3) is 53.2 Å². The molecule has 2 aromatic heterocycles. The van der Waals surface area contributed by atoms with Gasteiger partial charge in [-0.3, -0.25) is 29.0 Å².